The monoisotopic (exact) mass is 417 g/mol. The number of rotatable bonds is 3. The zero-order chi connectivity index (χ0) is 21.6. The van der Waals surface area contributed by atoms with Gasteiger partial charge in [0.1, 0.15) is 17.0 Å². The highest BCUT2D eigenvalue weighted by Gasteiger charge is 2.24. The highest BCUT2D eigenvalue weighted by Crippen LogP contribution is 2.08. The van der Waals surface area contributed by atoms with Gasteiger partial charge in [0, 0.05) is 19.7 Å². The summed E-state index contributed by atoms with van der Waals surface area (Å²) in [6.45, 7) is 16.1. The van der Waals surface area contributed by atoms with Crippen LogP contribution in [0.5, 0.6) is 5.75 Å². The van der Waals surface area contributed by atoms with Crippen LogP contribution in [0.2, 0.25) is 0 Å². The van der Waals surface area contributed by atoms with Crippen molar-refractivity contribution in [2.24, 2.45) is 0 Å². The Morgan fingerprint density at radius 1 is 1.22 bits per heavy atom. The second kappa shape index (κ2) is 15.5. The fourth-order valence-electron chi connectivity index (χ4n) is 1.63. The Kier molecular flexibility index (Phi) is 15.9. The molecule has 0 atom stereocenters. The number of nitrogens with zero attached hydrogens (tertiary/aromatic N) is 3. The van der Waals surface area contributed by atoms with E-state index in [1.54, 1.807) is 6.92 Å². The van der Waals surface area contributed by atoms with E-state index >= 15 is 0 Å². The smallest absolute Gasteiger partial charge is 0.226 e. The minimum Gasteiger partial charge on any atom is -0.502 e. The maximum Gasteiger partial charge on any atom is 0.226 e. The van der Waals surface area contributed by atoms with Crippen molar-refractivity contribution in [1.82, 2.24) is 14.7 Å². The van der Waals surface area contributed by atoms with Crippen molar-refractivity contribution in [2.45, 2.75) is 41.5 Å². The first-order valence-corrected chi connectivity index (χ1v) is 10.0. The highest BCUT2D eigenvalue weighted by molar-refractivity contribution is 7.82. The molecule has 2 heterocycles. The van der Waals surface area contributed by atoms with Crippen LogP contribution in [0.4, 0.5) is 0 Å². The van der Waals surface area contributed by atoms with Crippen LogP contribution in [-0.2, 0) is 0 Å². The summed E-state index contributed by atoms with van der Waals surface area (Å²) in [4.78, 5) is 17.7. The van der Waals surface area contributed by atoms with Gasteiger partial charge in [-0.3, -0.25) is 4.79 Å². The first-order valence-electron chi connectivity index (χ1n) is 9.20. The van der Waals surface area contributed by atoms with E-state index in [9.17, 15) is 4.79 Å². The zero-order valence-corrected chi connectivity index (χ0v) is 19.5. The molecular formula is C19H35N3O3S2. The van der Waals surface area contributed by atoms with Crippen LogP contribution in [0.1, 0.15) is 40.4 Å². The van der Waals surface area contributed by atoms with Crippen molar-refractivity contribution >= 4 is 34.5 Å². The molecule has 0 bridgehead atoms. The highest BCUT2D eigenvalue weighted by atomic mass is 32.1. The molecule has 1 aliphatic rings. The molecule has 6 nitrogen and oxygen atoms in total. The van der Waals surface area contributed by atoms with E-state index in [4.69, 9.17) is 29.5 Å². The summed E-state index contributed by atoms with van der Waals surface area (Å²) in [6.07, 6.45) is 1.03. The Balaban J connectivity index is 0. The molecule has 1 aromatic heterocycles. The summed E-state index contributed by atoms with van der Waals surface area (Å²) < 4.78 is 4.69. The number of hydrogen-bond donors (Lipinski definition) is 1. The molecule has 27 heavy (non-hydrogen) atoms. The van der Waals surface area contributed by atoms with Gasteiger partial charge in [-0.05, 0) is 46.2 Å². The van der Waals surface area contributed by atoms with Gasteiger partial charge in [-0.2, -0.15) is 0 Å². The van der Waals surface area contributed by atoms with Gasteiger partial charge in [0.05, 0.1) is 6.54 Å². The van der Waals surface area contributed by atoms with Gasteiger partial charge in [0.25, 0.3) is 0 Å². The predicted molar refractivity (Wildman–Crippen MR) is 122 cm³/mol. The predicted octanol–water partition coefficient (Wildman–Crippen LogP) is 3.50. The largest absolute Gasteiger partial charge is 0.502 e. The van der Waals surface area contributed by atoms with Crippen LogP contribution >= 0.6 is 24.4 Å². The number of likely N-dealkylation sites (N-methyl/N-ethyl adjacent to an activating group) is 2. The average Bonchev–Trinajstić information content (AvgIpc) is 2.93. The van der Waals surface area contributed by atoms with E-state index in [0.29, 0.717) is 5.76 Å². The van der Waals surface area contributed by atoms with Crippen molar-refractivity contribution in [1.29, 1.82) is 0 Å². The Labute approximate surface area is 174 Å². The standard InChI is InChI=1S/C6H10N2S2.C6H6O3.C5H13N.C2H6/c1-3-8-4-5(9)7(2)6(8)10;1-4-2-5(7)6(8)3-9-4;1-4-6(3)5-2;1-2/h3-4H2,1-2H3;2-3,8H,1H3;4-5H2,1-3H3;1-2H3. The van der Waals surface area contributed by atoms with Crippen LogP contribution in [0.15, 0.2) is 21.5 Å². The molecule has 1 saturated heterocycles. The summed E-state index contributed by atoms with van der Waals surface area (Å²) in [5.74, 6) is 0.151. The molecule has 8 heteroatoms. The zero-order valence-electron chi connectivity index (χ0n) is 17.9. The van der Waals surface area contributed by atoms with Crippen LogP contribution in [0.3, 0.4) is 0 Å². The molecule has 0 spiro atoms. The van der Waals surface area contributed by atoms with Crippen LogP contribution < -0.4 is 5.43 Å². The quantitative estimate of drug-likeness (QED) is 0.750. The molecule has 0 saturated carbocycles. The van der Waals surface area contributed by atoms with E-state index < -0.39 is 5.43 Å². The van der Waals surface area contributed by atoms with Crippen molar-refractivity contribution in [3.8, 4) is 5.75 Å². The van der Waals surface area contributed by atoms with Crippen molar-refractivity contribution in [3.05, 3.63) is 28.3 Å². The van der Waals surface area contributed by atoms with E-state index in [2.05, 4.69) is 42.0 Å². The maximum absolute atomic E-state index is 10.5. The van der Waals surface area contributed by atoms with Crippen LogP contribution in [-0.4, -0.2) is 70.2 Å². The molecule has 0 radical (unpaired) electrons. The Hall–Kier alpha value is -1.51. The molecule has 0 amide bonds. The minimum absolute atomic E-state index is 0.347. The third-order valence-corrected chi connectivity index (χ3v) is 4.60. The molecule has 1 N–H and O–H groups in total. The van der Waals surface area contributed by atoms with Gasteiger partial charge in [-0.1, -0.05) is 39.9 Å². The Morgan fingerprint density at radius 3 is 1.96 bits per heavy atom. The molecule has 0 aliphatic carbocycles. The minimum atomic E-state index is -0.404. The third kappa shape index (κ3) is 11.0. The molecule has 1 fully saturated rings. The summed E-state index contributed by atoms with van der Waals surface area (Å²) in [6, 6.07) is 1.23. The number of aryl methyl sites for hydroxylation is 1. The van der Waals surface area contributed by atoms with Crippen molar-refractivity contribution in [3.63, 3.8) is 0 Å². The van der Waals surface area contributed by atoms with Gasteiger partial charge in [0.15, 0.2) is 10.9 Å². The number of thiocarbonyl (C=S) groups is 2. The average molecular weight is 418 g/mol. The van der Waals surface area contributed by atoms with Gasteiger partial charge < -0.3 is 24.2 Å². The normalized spacial score (nSPS) is 12.6. The van der Waals surface area contributed by atoms with Crippen molar-refractivity contribution < 1.29 is 9.52 Å². The second-order valence-electron chi connectivity index (χ2n) is 5.48. The molecule has 2 rings (SSSR count). The second-order valence-corrected chi connectivity index (χ2v) is 6.31. The molecule has 1 aliphatic heterocycles. The molecular weight excluding hydrogens is 382 g/mol. The third-order valence-electron chi connectivity index (χ3n) is 3.66. The van der Waals surface area contributed by atoms with E-state index in [-0.39, 0.29) is 5.75 Å². The lowest BCUT2D eigenvalue weighted by Crippen LogP contribution is -2.29. The summed E-state index contributed by atoms with van der Waals surface area (Å²) in [5.41, 5.74) is -0.404. The summed E-state index contributed by atoms with van der Waals surface area (Å²) in [7, 11) is 4.03. The van der Waals surface area contributed by atoms with Crippen molar-refractivity contribution in [2.75, 3.05) is 40.3 Å². The van der Waals surface area contributed by atoms with Gasteiger partial charge >= 0.3 is 0 Å². The molecule has 1 aromatic rings. The molecule has 156 valence electrons. The van der Waals surface area contributed by atoms with E-state index in [1.165, 1.54) is 6.07 Å². The lowest BCUT2D eigenvalue weighted by atomic mass is 10.4. The van der Waals surface area contributed by atoms with Gasteiger partial charge in [0.2, 0.25) is 5.43 Å². The fraction of sp³-hybridized carbons (Fsp3) is 0.632. The lowest BCUT2D eigenvalue weighted by molar-refractivity contribution is 0.373. The van der Waals surface area contributed by atoms with Crippen LogP contribution in [0, 0.1) is 6.92 Å². The Bertz CT molecular complexity index is 616. The van der Waals surface area contributed by atoms with Gasteiger partial charge in [-0.15, -0.1) is 0 Å². The van der Waals surface area contributed by atoms with Gasteiger partial charge in [-0.25, -0.2) is 0 Å². The molecule has 0 unspecified atom stereocenters. The topological polar surface area (TPSA) is 60.2 Å². The number of hydrogen-bond acceptors (Lipinski definition) is 6. The summed E-state index contributed by atoms with van der Waals surface area (Å²) in [5, 5.41) is 9.49. The lowest BCUT2D eigenvalue weighted by Gasteiger charge is -2.14. The molecule has 0 aromatic carbocycles. The Morgan fingerprint density at radius 2 is 1.74 bits per heavy atom. The summed E-state index contributed by atoms with van der Waals surface area (Å²) >= 11 is 10.2. The first-order chi connectivity index (χ1) is 12.7. The van der Waals surface area contributed by atoms with Crippen LogP contribution in [0.25, 0.3) is 0 Å². The van der Waals surface area contributed by atoms with E-state index in [1.807, 2.05) is 25.8 Å². The number of aromatic hydroxyl groups is 1. The fourth-order valence-corrected chi connectivity index (χ4v) is 2.23. The SMILES string of the molecule is CC.CCN(C)CC.CCN1CC(=S)N(C)C1=S.Cc1cc(=O)c(O)co1. The maximum atomic E-state index is 10.5. The first kappa shape index (κ1) is 27.7. The van der Waals surface area contributed by atoms with E-state index in [0.717, 1.165) is 42.5 Å².